The fraction of sp³-hybridized carbons (Fsp3) is 0.867. The van der Waals surface area contributed by atoms with E-state index in [9.17, 15) is 40.2 Å². The van der Waals surface area contributed by atoms with Crippen LogP contribution in [0.25, 0.3) is 0 Å². The van der Waals surface area contributed by atoms with Gasteiger partial charge in [-0.1, -0.05) is 0 Å². The van der Waals surface area contributed by atoms with E-state index in [1.165, 1.54) is 6.92 Å². The zero-order valence-electron chi connectivity index (χ0n) is 14.7. The smallest absolute Gasteiger partial charge is 0.335 e. The van der Waals surface area contributed by atoms with Crippen LogP contribution in [-0.2, 0) is 23.8 Å². The summed E-state index contributed by atoms with van der Waals surface area (Å²) >= 11 is 0. The molecule has 0 spiro atoms. The predicted molar refractivity (Wildman–Crippen MR) is 84.2 cm³/mol. The lowest BCUT2D eigenvalue weighted by molar-refractivity contribution is -0.317. The van der Waals surface area contributed by atoms with E-state index in [2.05, 4.69) is 5.32 Å². The van der Waals surface area contributed by atoms with Crippen molar-refractivity contribution >= 4 is 11.9 Å². The second-order valence-corrected chi connectivity index (χ2v) is 6.61. The highest BCUT2D eigenvalue weighted by molar-refractivity contribution is 5.74. The normalized spacial score (nSPS) is 45.3. The number of ether oxygens (including phenoxy) is 3. The SMILES string of the molecule is CC(=O)NC1[C@H](O[C@@H]2C(C(=O)O)O[C@@H](C)C(O)[C@H]2O)OC(CO)[C@@H](O)[C@@H]1O. The molecule has 0 aromatic rings. The Morgan fingerprint density at radius 1 is 1.04 bits per heavy atom. The van der Waals surface area contributed by atoms with Crippen molar-refractivity contribution in [2.24, 2.45) is 0 Å². The summed E-state index contributed by atoms with van der Waals surface area (Å²) in [4.78, 5) is 22.9. The van der Waals surface area contributed by atoms with Gasteiger partial charge in [-0.15, -0.1) is 0 Å². The van der Waals surface area contributed by atoms with Crippen LogP contribution in [0.15, 0.2) is 0 Å². The van der Waals surface area contributed by atoms with E-state index in [4.69, 9.17) is 14.2 Å². The molecule has 0 bridgehead atoms. The average molecular weight is 395 g/mol. The Morgan fingerprint density at radius 3 is 2.19 bits per heavy atom. The molecule has 4 unspecified atom stereocenters. The summed E-state index contributed by atoms with van der Waals surface area (Å²) in [5, 5.41) is 61.3. The monoisotopic (exact) mass is 395 g/mol. The first kappa shape index (κ1) is 21.9. The summed E-state index contributed by atoms with van der Waals surface area (Å²) in [5.41, 5.74) is 0. The van der Waals surface area contributed by atoms with Gasteiger partial charge in [0.05, 0.1) is 12.7 Å². The molecule has 0 saturated carbocycles. The number of aliphatic hydroxyl groups excluding tert-OH is 5. The number of rotatable bonds is 5. The van der Waals surface area contributed by atoms with E-state index in [1.807, 2.05) is 0 Å². The van der Waals surface area contributed by atoms with Crippen LogP contribution in [0.2, 0.25) is 0 Å². The van der Waals surface area contributed by atoms with Gasteiger partial charge in [-0.3, -0.25) is 4.79 Å². The van der Waals surface area contributed by atoms with Gasteiger partial charge in [-0.05, 0) is 6.92 Å². The van der Waals surface area contributed by atoms with Crippen molar-refractivity contribution in [2.45, 2.75) is 75.0 Å². The fourth-order valence-corrected chi connectivity index (χ4v) is 3.13. The highest BCUT2D eigenvalue weighted by Gasteiger charge is 2.52. The van der Waals surface area contributed by atoms with E-state index < -0.39 is 79.6 Å². The van der Waals surface area contributed by atoms with Gasteiger partial charge in [0.2, 0.25) is 5.91 Å². The Kier molecular flexibility index (Phi) is 7.10. The van der Waals surface area contributed by atoms with E-state index in [1.54, 1.807) is 0 Å². The third-order valence-corrected chi connectivity index (χ3v) is 4.61. The maximum absolute atomic E-state index is 11.5. The van der Waals surface area contributed by atoms with Crippen molar-refractivity contribution in [3.05, 3.63) is 0 Å². The molecule has 156 valence electrons. The number of aliphatic carboxylic acids is 1. The Morgan fingerprint density at radius 2 is 1.67 bits per heavy atom. The van der Waals surface area contributed by atoms with Crippen LogP contribution in [0.5, 0.6) is 0 Å². The van der Waals surface area contributed by atoms with E-state index in [0.717, 1.165) is 6.92 Å². The molecule has 2 heterocycles. The Balaban J connectivity index is 2.28. The van der Waals surface area contributed by atoms with Crippen molar-refractivity contribution in [1.29, 1.82) is 0 Å². The summed E-state index contributed by atoms with van der Waals surface area (Å²) in [7, 11) is 0. The summed E-state index contributed by atoms with van der Waals surface area (Å²) < 4.78 is 16.0. The summed E-state index contributed by atoms with van der Waals surface area (Å²) in [6.07, 6.45) is -13.4. The third kappa shape index (κ3) is 4.55. The molecule has 27 heavy (non-hydrogen) atoms. The zero-order valence-corrected chi connectivity index (χ0v) is 14.7. The van der Waals surface area contributed by atoms with Gasteiger partial charge in [0, 0.05) is 6.92 Å². The molecule has 2 saturated heterocycles. The molecular weight excluding hydrogens is 370 g/mol. The molecular formula is C15H25NO11. The Bertz CT molecular complexity index is 546. The number of aliphatic hydroxyl groups is 5. The molecule has 2 aliphatic rings. The highest BCUT2D eigenvalue weighted by atomic mass is 16.7. The van der Waals surface area contributed by atoms with Gasteiger partial charge in [-0.2, -0.15) is 0 Å². The van der Waals surface area contributed by atoms with Crippen LogP contribution in [0.3, 0.4) is 0 Å². The zero-order chi connectivity index (χ0) is 20.5. The van der Waals surface area contributed by atoms with Crippen molar-refractivity contribution in [2.75, 3.05) is 6.61 Å². The molecule has 12 heteroatoms. The minimum Gasteiger partial charge on any atom is -0.479 e. The van der Waals surface area contributed by atoms with Crippen molar-refractivity contribution in [3.63, 3.8) is 0 Å². The molecule has 1 amide bonds. The summed E-state index contributed by atoms with van der Waals surface area (Å²) in [6.45, 7) is 1.81. The van der Waals surface area contributed by atoms with Gasteiger partial charge in [0.25, 0.3) is 0 Å². The number of carbonyl (C=O) groups is 2. The van der Waals surface area contributed by atoms with Crippen LogP contribution in [0.4, 0.5) is 0 Å². The number of nitrogens with one attached hydrogen (secondary N) is 1. The van der Waals surface area contributed by atoms with Crippen LogP contribution in [0.1, 0.15) is 13.8 Å². The lowest BCUT2D eigenvalue weighted by Gasteiger charge is -2.46. The molecule has 2 rings (SSSR count). The van der Waals surface area contributed by atoms with Gasteiger partial charge < -0.3 is 50.2 Å². The Hall–Kier alpha value is -1.38. The largest absolute Gasteiger partial charge is 0.479 e. The van der Waals surface area contributed by atoms with Crippen molar-refractivity contribution in [3.8, 4) is 0 Å². The third-order valence-electron chi connectivity index (χ3n) is 4.61. The number of carboxylic acid groups (broad SMARTS) is 1. The quantitative estimate of drug-likeness (QED) is 0.239. The van der Waals surface area contributed by atoms with Crippen molar-refractivity contribution < 1.29 is 54.4 Å². The van der Waals surface area contributed by atoms with Crippen LogP contribution < -0.4 is 5.32 Å². The van der Waals surface area contributed by atoms with E-state index in [-0.39, 0.29) is 0 Å². The molecule has 0 aromatic carbocycles. The number of hydrogen-bond acceptors (Lipinski definition) is 10. The highest BCUT2D eigenvalue weighted by Crippen LogP contribution is 2.29. The van der Waals surface area contributed by atoms with E-state index in [0.29, 0.717) is 0 Å². The number of carboxylic acids is 1. The van der Waals surface area contributed by atoms with Crippen LogP contribution in [0, 0.1) is 0 Å². The minimum atomic E-state index is -1.67. The number of carbonyl (C=O) groups excluding carboxylic acids is 1. The van der Waals surface area contributed by atoms with Gasteiger partial charge in [-0.25, -0.2) is 4.79 Å². The van der Waals surface area contributed by atoms with Crippen molar-refractivity contribution in [1.82, 2.24) is 5.32 Å². The lowest BCUT2D eigenvalue weighted by Crippen LogP contribution is -2.67. The van der Waals surface area contributed by atoms with Gasteiger partial charge in [0.15, 0.2) is 12.4 Å². The number of amides is 1. The first-order chi connectivity index (χ1) is 12.6. The molecule has 7 N–H and O–H groups in total. The maximum Gasteiger partial charge on any atom is 0.335 e. The standard InChI is InChI=1S/C15H25NO11/c1-4-8(19)11(22)12(13(25-4)14(23)24)27-15-7(16-5(2)18)10(21)9(20)6(3-17)26-15/h4,6-13,15,17,19-22H,3H2,1-2H3,(H,16,18)(H,23,24)/t4-,6?,7?,8?,9+,10+,11+,12-,13?,15-/m0/s1. The van der Waals surface area contributed by atoms with Crippen LogP contribution >= 0.6 is 0 Å². The van der Waals surface area contributed by atoms with Gasteiger partial charge >= 0.3 is 5.97 Å². The number of hydrogen-bond donors (Lipinski definition) is 7. The first-order valence-corrected chi connectivity index (χ1v) is 8.37. The summed E-state index contributed by atoms with van der Waals surface area (Å²) in [5.74, 6) is -2.07. The summed E-state index contributed by atoms with van der Waals surface area (Å²) in [6, 6.07) is -1.33. The van der Waals surface area contributed by atoms with Gasteiger partial charge in [0.1, 0.15) is 42.7 Å². The molecule has 10 atom stereocenters. The molecule has 2 fully saturated rings. The molecule has 12 nitrogen and oxygen atoms in total. The average Bonchev–Trinajstić information content (AvgIpc) is 2.60. The second-order valence-electron chi connectivity index (χ2n) is 6.61. The molecule has 0 aliphatic carbocycles. The molecule has 2 aliphatic heterocycles. The first-order valence-electron chi connectivity index (χ1n) is 8.37. The fourth-order valence-electron chi connectivity index (χ4n) is 3.13. The van der Waals surface area contributed by atoms with Crippen LogP contribution in [-0.4, -0.2) is 110 Å². The van der Waals surface area contributed by atoms with E-state index >= 15 is 0 Å². The maximum atomic E-state index is 11.5. The minimum absolute atomic E-state index is 0.602. The predicted octanol–water partition coefficient (Wildman–Crippen LogP) is -4.09. The Labute approximate surface area is 154 Å². The second kappa shape index (κ2) is 8.75. The molecule has 0 aromatic heterocycles. The topological polar surface area (TPSA) is 195 Å². The lowest BCUT2D eigenvalue weighted by atomic mass is 9.94. The molecule has 0 radical (unpaired) electrons.